The summed E-state index contributed by atoms with van der Waals surface area (Å²) < 4.78 is 41.0. The molecule has 2 aromatic carbocycles. The highest BCUT2D eigenvalue weighted by Crippen LogP contribution is 2.33. The number of hydrogen-bond donors (Lipinski definition) is 1. The van der Waals surface area contributed by atoms with Gasteiger partial charge in [0.2, 0.25) is 5.91 Å². The Morgan fingerprint density at radius 1 is 1.15 bits per heavy atom. The molecule has 9 heteroatoms. The first kappa shape index (κ1) is 19.3. The zero-order valence-electron chi connectivity index (χ0n) is 14.5. The standard InChI is InChI=1S/C18H18ClNO6S/c1-24-15-4-2-12(19)10-14(15)20-18(21)6-9-27(22,23)13-3-5-16-17(11-13)26-8-7-25-16/h2-5,10-11H,6-9H2,1H3,(H,20,21). The maximum atomic E-state index is 12.5. The third-order valence-corrected chi connectivity index (χ3v) is 5.86. The van der Waals surface area contributed by atoms with Crippen molar-refractivity contribution in [3.05, 3.63) is 41.4 Å². The minimum atomic E-state index is -3.66. The van der Waals surface area contributed by atoms with Crippen LogP contribution in [-0.2, 0) is 14.6 Å². The average Bonchev–Trinajstić information content (AvgIpc) is 2.66. The molecule has 1 aliphatic rings. The minimum absolute atomic E-state index is 0.0832. The lowest BCUT2D eigenvalue weighted by atomic mass is 10.3. The second-order valence-corrected chi connectivity index (χ2v) is 8.31. The van der Waals surface area contributed by atoms with E-state index in [1.165, 1.54) is 25.3 Å². The summed E-state index contributed by atoms with van der Waals surface area (Å²) in [6.07, 6.45) is -0.216. The van der Waals surface area contributed by atoms with Gasteiger partial charge in [0.15, 0.2) is 21.3 Å². The van der Waals surface area contributed by atoms with Crippen LogP contribution in [0.15, 0.2) is 41.3 Å². The molecule has 1 aliphatic heterocycles. The summed E-state index contributed by atoms with van der Waals surface area (Å²) >= 11 is 5.92. The molecule has 1 amide bonds. The Balaban J connectivity index is 1.67. The number of anilines is 1. The number of benzene rings is 2. The van der Waals surface area contributed by atoms with Gasteiger partial charge in [-0.1, -0.05) is 11.6 Å². The van der Waals surface area contributed by atoms with Gasteiger partial charge in [0.25, 0.3) is 0 Å². The molecule has 0 aromatic heterocycles. The second kappa shape index (κ2) is 8.06. The van der Waals surface area contributed by atoms with Crippen molar-refractivity contribution in [2.24, 2.45) is 0 Å². The highest BCUT2D eigenvalue weighted by molar-refractivity contribution is 7.91. The van der Waals surface area contributed by atoms with Gasteiger partial charge in [-0.05, 0) is 30.3 Å². The van der Waals surface area contributed by atoms with Crippen LogP contribution in [0, 0.1) is 0 Å². The molecule has 0 spiro atoms. The number of halogens is 1. The van der Waals surface area contributed by atoms with Crippen LogP contribution >= 0.6 is 11.6 Å². The van der Waals surface area contributed by atoms with E-state index in [-0.39, 0.29) is 17.1 Å². The molecule has 7 nitrogen and oxygen atoms in total. The van der Waals surface area contributed by atoms with Crippen molar-refractivity contribution < 1.29 is 27.4 Å². The highest BCUT2D eigenvalue weighted by atomic mass is 35.5. The zero-order chi connectivity index (χ0) is 19.4. The molecular formula is C18H18ClNO6S. The molecule has 0 fully saturated rings. The van der Waals surface area contributed by atoms with E-state index in [4.69, 9.17) is 25.8 Å². The number of methoxy groups -OCH3 is 1. The zero-order valence-corrected chi connectivity index (χ0v) is 16.1. The molecule has 1 N–H and O–H groups in total. The molecule has 2 aromatic rings. The van der Waals surface area contributed by atoms with Gasteiger partial charge in [-0.25, -0.2) is 8.42 Å². The smallest absolute Gasteiger partial charge is 0.225 e. The molecule has 0 atom stereocenters. The van der Waals surface area contributed by atoms with E-state index < -0.39 is 15.7 Å². The summed E-state index contributed by atoms with van der Waals surface area (Å²) in [7, 11) is -2.20. The quantitative estimate of drug-likeness (QED) is 0.785. The summed E-state index contributed by atoms with van der Waals surface area (Å²) in [5.74, 6) is 0.516. The molecular weight excluding hydrogens is 394 g/mol. The first-order valence-electron chi connectivity index (χ1n) is 8.15. The van der Waals surface area contributed by atoms with Crippen LogP contribution in [0.25, 0.3) is 0 Å². The van der Waals surface area contributed by atoms with Crippen molar-refractivity contribution in [2.45, 2.75) is 11.3 Å². The molecule has 144 valence electrons. The first-order valence-corrected chi connectivity index (χ1v) is 10.2. The largest absolute Gasteiger partial charge is 0.495 e. The van der Waals surface area contributed by atoms with Crippen LogP contribution in [0.3, 0.4) is 0 Å². The summed E-state index contributed by atoms with van der Waals surface area (Å²) in [6, 6.07) is 9.20. The Labute approximate surface area is 162 Å². The van der Waals surface area contributed by atoms with Crippen molar-refractivity contribution in [3.63, 3.8) is 0 Å². The Bertz CT molecular complexity index is 960. The number of carbonyl (C=O) groups excluding carboxylic acids is 1. The number of ether oxygens (including phenoxy) is 3. The van der Waals surface area contributed by atoms with Crippen molar-refractivity contribution >= 4 is 33.0 Å². The lowest BCUT2D eigenvalue weighted by Gasteiger charge is -2.18. The predicted molar refractivity (Wildman–Crippen MR) is 101 cm³/mol. The van der Waals surface area contributed by atoms with Gasteiger partial charge in [0.1, 0.15) is 19.0 Å². The predicted octanol–water partition coefficient (Wildman–Crippen LogP) is 2.92. The van der Waals surface area contributed by atoms with Gasteiger partial charge in [-0.3, -0.25) is 4.79 Å². The van der Waals surface area contributed by atoms with Gasteiger partial charge in [-0.2, -0.15) is 0 Å². The Hall–Kier alpha value is -2.45. The molecule has 0 saturated carbocycles. The molecule has 0 radical (unpaired) electrons. The fourth-order valence-corrected chi connectivity index (χ4v) is 3.98. The highest BCUT2D eigenvalue weighted by Gasteiger charge is 2.21. The average molecular weight is 412 g/mol. The number of hydrogen-bond acceptors (Lipinski definition) is 6. The summed E-state index contributed by atoms with van der Waals surface area (Å²) in [6.45, 7) is 0.784. The monoisotopic (exact) mass is 411 g/mol. The van der Waals surface area contributed by atoms with Crippen molar-refractivity contribution in [2.75, 3.05) is 31.4 Å². The second-order valence-electron chi connectivity index (χ2n) is 5.77. The number of carbonyl (C=O) groups is 1. The normalized spacial score (nSPS) is 13.1. The molecule has 1 heterocycles. The minimum Gasteiger partial charge on any atom is -0.495 e. The number of amides is 1. The Morgan fingerprint density at radius 3 is 2.63 bits per heavy atom. The van der Waals surface area contributed by atoms with E-state index in [1.54, 1.807) is 18.2 Å². The SMILES string of the molecule is COc1ccc(Cl)cc1NC(=O)CCS(=O)(=O)c1ccc2c(c1)OCCO2. The van der Waals surface area contributed by atoms with Gasteiger partial charge >= 0.3 is 0 Å². The number of rotatable bonds is 6. The van der Waals surface area contributed by atoms with Crippen LogP contribution in [0.1, 0.15) is 6.42 Å². The summed E-state index contributed by atoms with van der Waals surface area (Å²) in [4.78, 5) is 12.3. The Kier molecular flexibility index (Phi) is 5.76. The van der Waals surface area contributed by atoms with Crippen molar-refractivity contribution in [1.29, 1.82) is 0 Å². The van der Waals surface area contributed by atoms with Crippen molar-refractivity contribution in [3.8, 4) is 17.2 Å². The van der Waals surface area contributed by atoms with Gasteiger partial charge in [0, 0.05) is 17.5 Å². The van der Waals surface area contributed by atoms with Crippen LogP contribution < -0.4 is 19.5 Å². The van der Waals surface area contributed by atoms with E-state index in [0.717, 1.165) is 0 Å². The van der Waals surface area contributed by atoms with Crippen LogP contribution in [0.5, 0.6) is 17.2 Å². The van der Waals surface area contributed by atoms with Crippen LogP contribution in [0.4, 0.5) is 5.69 Å². The van der Waals surface area contributed by atoms with Crippen LogP contribution in [-0.4, -0.2) is 40.4 Å². The maximum absolute atomic E-state index is 12.5. The third kappa shape index (κ3) is 4.64. The molecule has 0 unspecified atom stereocenters. The van der Waals surface area contributed by atoms with E-state index in [1.807, 2.05) is 0 Å². The topological polar surface area (TPSA) is 90.9 Å². The Morgan fingerprint density at radius 2 is 1.89 bits per heavy atom. The van der Waals surface area contributed by atoms with E-state index >= 15 is 0 Å². The molecule has 0 aliphatic carbocycles. The van der Waals surface area contributed by atoms with Crippen molar-refractivity contribution in [1.82, 2.24) is 0 Å². The fraction of sp³-hybridized carbons (Fsp3) is 0.278. The molecule has 27 heavy (non-hydrogen) atoms. The lowest BCUT2D eigenvalue weighted by Crippen LogP contribution is -2.19. The lowest BCUT2D eigenvalue weighted by molar-refractivity contribution is -0.115. The third-order valence-electron chi connectivity index (χ3n) is 3.91. The number of nitrogens with one attached hydrogen (secondary N) is 1. The van der Waals surface area contributed by atoms with E-state index in [9.17, 15) is 13.2 Å². The van der Waals surface area contributed by atoms with E-state index in [2.05, 4.69) is 5.32 Å². The molecule has 0 bridgehead atoms. The molecule has 3 rings (SSSR count). The van der Waals surface area contributed by atoms with Crippen LogP contribution in [0.2, 0.25) is 5.02 Å². The number of sulfone groups is 1. The first-order chi connectivity index (χ1) is 12.9. The molecule has 0 saturated heterocycles. The van der Waals surface area contributed by atoms with Gasteiger partial charge < -0.3 is 19.5 Å². The summed E-state index contributed by atoms with van der Waals surface area (Å²) in [5, 5.41) is 3.04. The van der Waals surface area contributed by atoms with Gasteiger partial charge in [-0.15, -0.1) is 0 Å². The number of fused-ring (bicyclic) bond motifs is 1. The maximum Gasteiger partial charge on any atom is 0.225 e. The van der Waals surface area contributed by atoms with Gasteiger partial charge in [0.05, 0.1) is 23.4 Å². The summed E-state index contributed by atoms with van der Waals surface area (Å²) in [5.41, 5.74) is 0.381. The van der Waals surface area contributed by atoms with E-state index in [0.29, 0.717) is 41.2 Å². The fourth-order valence-electron chi connectivity index (χ4n) is 2.55.